The highest BCUT2D eigenvalue weighted by Gasteiger charge is 2.14. The van der Waals surface area contributed by atoms with Crippen molar-refractivity contribution >= 4 is 27.3 Å². The second-order valence-corrected chi connectivity index (χ2v) is 5.26. The standard InChI is InChI=1S/C15H11NO3S/c1-19-11-6-7-12-13(8-11)20-15(16-12)14(18)9-2-4-10(17)5-3-9/h2-8,17H,1H3. The van der Waals surface area contributed by atoms with E-state index in [-0.39, 0.29) is 11.5 Å². The van der Waals surface area contributed by atoms with Crippen molar-refractivity contribution in [3.63, 3.8) is 0 Å². The smallest absolute Gasteiger partial charge is 0.221 e. The number of hydrogen-bond donors (Lipinski definition) is 1. The van der Waals surface area contributed by atoms with Gasteiger partial charge in [-0.05, 0) is 42.5 Å². The molecule has 0 unspecified atom stereocenters. The maximum absolute atomic E-state index is 12.3. The zero-order chi connectivity index (χ0) is 14.1. The van der Waals surface area contributed by atoms with Crippen LogP contribution < -0.4 is 4.74 Å². The molecule has 5 heteroatoms. The molecule has 4 nitrogen and oxygen atoms in total. The number of ether oxygens (including phenoxy) is 1. The SMILES string of the molecule is COc1ccc2nc(C(=O)c3ccc(O)cc3)sc2c1. The first-order chi connectivity index (χ1) is 9.67. The first-order valence-corrected chi connectivity index (χ1v) is 6.77. The molecule has 0 aliphatic carbocycles. The van der Waals surface area contributed by atoms with Crippen molar-refractivity contribution in [2.24, 2.45) is 0 Å². The lowest BCUT2D eigenvalue weighted by atomic mass is 10.1. The summed E-state index contributed by atoms with van der Waals surface area (Å²) in [6.07, 6.45) is 0. The molecule has 0 radical (unpaired) electrons. The minimum absolute atomic E-state index is 0.135. The quantitative estimate of drug-likeness (QED) is 0.750. The lowest BCUT2D eigenvalue weighted by molar-refractivity contribution is 0.103. The van der Waals surface area contributed by atoms with Gasteiger partial charge in [-0.15, -0.1) is 11.3 Å². The second-order valence-electron chi connectivity index (χ2n) is 4.23. The molecular weight excluding hydrogens is 274 g/mol. The maximum Gasteiger partial charge on any atom is 0.221 e. The van der Waals surface area contributed by atoms with Gasteiger partial charge in [0.25, 0.3) is 0 Å². The highest BCUT2D eigenvalue weighted by molar-refractivity contribution is 7.20. The second kappa shape index (κ2) is 4.94. The normalized spacial score (nSPS) is 10.7. The number of aromatic nitrogens is 1. The third kappa shape index (κ3) is 2.23. The molecule has 0 atom stereocenters. The molecule has 0 aliphatic rings. The van der Waals surface area contributed by atoms with Crippen molar-refractivity contribution in [1.82, 2.24) is 4.98 Å². The summed E-state index contributed by atoms with van der Waals surface area (Å²) in [6.45, 7) is 0. The minimum Gasteiger partial charge on any atom is -0.508 e. The summed E-state index contributed by atoms with van der Waals surface area (Å²) < 4.78 is 6.06. The Hall–Kier alpha value is -2.40. The third-order valence-corrected chi connectivity index (χ3v) is 3.94. The first-order valence-electron chi connectivity index (χ1n) is 5.95. The molecule has 0 saturated carbocycles. The Morgan fingerprint density at radius 1 is 1.20 bits per heavy atom. The number of hydrogen-bond acceptors (Lipinski definition) is 5. The fourth-order valence-corrected chi connectivity index (χ4v) is 2.82. The van der Waals surface area contributed by atoms with E-state index in [9.17, 15) is 9.90 Å². The number of nitrogens with zero attached hydrogens (tertiary/aromatic N) is 1. The van der Waals surface area contributed by atoms with Crippen molar-refractivity contribution in [3.05, 3.63) is 53.0 Å². The van der Waals surface area contributed by atoms with Crippen molar-refractivity contribution in [1.29, 1.82) is 0 Å². The molecule has 1 heterocycles. The monoisotopic (exact) mass is 285 g/mol. The van der Waals surface area contributed by atoms with E-state index in [1.807, 2.05) is 18.2 Å². The fraction of sp³-hybridized carbons (Fsp3) is 0.0667. The molecule has 1 aromatic heterocycles. The van der Waals surface area contributed by atoms with E-state index in [1.165, 1.54) is 23.5 Å². The van der Waals surface area contributed by atoms with Crippen LogP contribution in [0.5, 0.6) is 11.5 Å². The Bertz CT molecular complexity index is 777. The topological polar surface area (TPSA) is 59.4 Å². The number of fused-ring (bicyclic) bond motifs is 1. The van der Waals surface area contributed by atoms with Crippen LogP contribution in [0.4, 0.5) is 0 Å². The predicted octanol–water partition coefficient (Wildman–Crippen LogP) is 3.24. The molecular formula is C15H11NO3S. The van der Waals surface area contributed by atoms with Gasteiger partial charge in [0, 0.05) is 5.56 Å². The number of benzene rings is 2. The van der Waals surface area contributed by atoms with E-state index < -0.39 is 0 Å². The average molecular weight is 285 g/mol. The molecule has 2 aromatic carbocycles. The molecule has 20 heavy (non-hydrogen) atoms. The van der Waals surface area contributed by atoms with Crippen molar-refractivity contribution in [2.75, 3.05) is 7.11 Å². The molecule has 0 fully saturated rings. The van der Waals surface area contributed by atoms with E-state index in [2.05, 4.69) is 4.98 Å². The van der Waals surface area contributed by atoms with Gasteiger partial charge in [-0.1, -0.05) is 0 Å². The molecule has 0 saturated heterocycles. The van der Waals surface area contributed by atoms with Crippen LogP contribution in [0.3, 0.4) is 0 Å². The lowest BCUT2D eigenvalue weighted by Gasteiger charge is -1.96. The van der Waals surface area contributed by atoms with Crippen LogP contribution in [0.15, 0.2) is 42.5 Å². The molecule has 100 valence electrons. The van der Waals surface area contributed by atoms with E-state index in [0.29, 0.717) is 10.6 Å². The largest absolute Gasteiger partial charge is 0.508 e. The van der Waals surface area contributed by atoms with Crippen LogP contribution in [0.1, 0.15) is 15.4 Å². The van der Waals surface area contributed by atoms with Crippen molar-refractivity contribution in [3.8, 4) is 11.5 Å². The highest BCUT2D eigenvalue weighted by atomic mass is 32.1. The van der Waals surface area contributed by atoms with Crippen LogP contribution in [0, 0.1) is 0 Å². The molecule has 0 bridgehead atoms. The molecule has 0 aliphatic heterocycles. The Morgan fingerprint density at radius 2 is 1.95 bits per heavy atom. The zero-order valence-electron chi connectivity index (χ0n) is 10.7. The first kappa shape index (κ1) is 12.6. The number of aromatic hydroxyl groups is 1. The molecule has 3 aromatic rings. The van der Waals surface area contributed by atoms with Gasteiger partial charge in [-0.3, -0.25) is 4.79 Å². The van der Waals surface area contributed by atoms with Crippen LogP contribution in [-0.4, -0.2) is 23.0 Å². The highest BCUT2D eigenvalue weighted by Crippen LogP contribution is 2.27. The Labute approximate surface area is 119 Å². The average Bonchev–Trinajstić information content (AvgIpc) is 2.90. The summed E-state index contributed by atoms with van der Waals surface area (Å²) in [6, 6.07) is 11.7. The Kier molecular flexibility index (Phi) is 3.12. The van der Waals surface area contributed by atoms with Gasteiger partial charge in [-0.2, -0.15) is 0 Å². The van der Waals surface area contributed by atoms with Gasteiger partial charge in [0.2, 0.25) is 5.78 Å². The van der Waals surface area contributed by atoms with Crippen molar-refractivity contribution < 1.29 is 14.6 Å². The van der Waals surface area contributed by atoms with E-state index in [1.54, 1.807) is 19.2 Å². The molecule has 3 rings (SSSR count). The Balaban J connectivity index is 2.01. The number of phenols is 1. The van der Waals surface area contributed by atoms with E-state index in [0.717, 1.165) is 16.0 Å². The van der Waals surface area contributed by atoms with E-state index >= 15 is 0 Å². The van der Waals surface area contributed by atoms with Gasteiger partial charge in [0.05, 0.1) is 17.3 Å². The van der Waals surface area contributed by atoms with Crippen LogP contribution in [0.2, 0.25) is 0 Å². The fourth-order valence-electron chi connectivity index (χ4n) is 1.87. The molecule has 1 N–H and O–H groups in total. The lowest BCUT2D eigenvalue weighted by Crippen LogP contribution is -1.99. The van der Waals surface area contributed by atoms with Crippen LogP contribution in [-0.2, 0) is 0 Å². The number of phenolic OH excluding ortho intramolecular Hbond substituents is 1. The summed E-state index contributed by atoms with van der Waals surface area (Å²) in [5.74, 6) is 0.727. The minimum atomic E-state index is -0.148. The predicted molar refractivity (Wildman–Crippen MR) is 77.7 cm³/mol. The van der Waals surface area contributed by atoms with Crippen molar-refractivity contribution in [2.45, 2.75) is 0 Å². The number of rotatable bonds is 3. The number of ketones is 1. The van der Waals surface area contributed by atoms with Gasteiger partial charge in [0.15, 0.2) is 5.01 Å². The zero-order valence-corrected chi connectivity index (χ0v) is 11.5. The summed E-state index contributed by atoms with van der Waals surface area (Å²) in [4.78, 5) is 16.7. The van der Waals surface area contributed by atoms with Crippen LogP contribution in [0.25, 0.3) is 10.2 Å². The number of carbonyl (C=O) groups excluding carboxylic acids is 1. The summed E-state index contributed by atoms with van der Waals surface area (Å²) in [7, 11) is 1.60. The number of carbonyl (C=O) groups is 1. The summed E-state index contributed by atoms with van der Waals surface area (Å²) in [5, 5.41) is 9.67. The molecule has 0 spiro atoms. The Morgan fingerprint density at radius 3 is 2.65 bits per heavy atom. The van der Waals surface area contributed by atoms with Gasteiger partial charge >= 0.3 is 0 Å². The van der Waals surface area contributed by atoms with Gasteiger partial charge in [-0.25, -0.2) is 4.98 Å². The maximum atomic E-state index is 12.3. The number of thiazole rings is 1. The van der Waals surface area contributed by atoms with Gasteiger partial charge in [0.1, 0.15) is 11.5 Å². The summed E-state index contributed by atoms with van der Waals surface area (Å²) in [5.41, 5.74) is 1.28. The third-order valence-electron chi connectivity index (χ3n) is 2.92. The van der Waals surface area contributed by atoms with Gasteiger partial charge < -0.3 is 9.84 Å². The van der Waals surface area contributed by atoms with E-state index in [4.69, 9.17) is 4.74 Å². The summed E-state index contributed by atoms with van der Waals surface area (Å²) >= 11 is 1.33. The number of methoxy groups -OCH3 is 1. The molecule has 0 amide bonds. The van der Waals surface area contributed by atoms with Crippen LogP contribution >= 0.6 is 11.3 Å².